The lowest BCUT2D eigenvalue weighted by Crippen LogP contribution is -2.48. The first kappa shape index (κ1) is 24.8. The van der Waals surface area contributed by atoms with Crippen molar-refractivity contribution in [1.29, 1.82) is 0 Å². The van der Waals surface area contributed by atoms with Gasteiger partial charge in [-0.3, -0.25) is 4.79 Å². The van der Waals surface area contributed by atoms with E-state index in [1.807, 2.05) is 0 Å². The minimum absolute atomic E-state index is 0.0603. The highest BCUT2D eigenvalue weighted by molar-refractivity contribution is 6.77. The van der Waals surface area contributed by atoms with Crippen LogP contribution in [0.2, 0.25) is 16.6 Å². The topological polar surface area (TPSA) is 82.2 Å². The van der Waals surface area contributed by atoms with E-state index in [4.69, 9.17) is 10.2 Å². The number of nitrogens with two attached hydrogens (primary N) is 1. The number of hydrogen-bond donors (Lipinski definition) is 2. The number of fused-ring (bicyclic) bond motifs is 1. The molecule has 6 nitrogen and oxygen atoms in total. The molecule has 1 aromatic carbocycles. The summed E-state index contributed by atoms with van der Waals surface area (Å²) in [6.07, 6.45) is 3.68. The number of carbonyl (C=O) groups is 1. The van der Waals surface area contributed by atoms with Gasteiger partial charge in [-0.05, 0) is 60.0 Å². The highest BCUT2D eigenvalue weighted by Gasteiger charge is 2.44. The molecule has 1 aliphatic rings. The van der Waals surface area contributed by atoms with Gasteiger partial charge in [0.2, 0.25) is 11.9 Å². The summed E-state index contributed by atoms with van der Waals surface area (Å²) in [5.41, 5.74) is 11.2. The number of hydrogen-bond acceptors (Lipinski definition) is 4. The van der Waals surface area contributed by atoms with Crippen LogP contribution in [0.3, 0.4) is 0 Å². The summed E-state index contributed by atoms with van der Waals surface area (Å²) in [7, 11) is -1.84. The van der Waals surface area contributed by atoms with Gasteiger partial charge in [0.1, 0.15) is 0 Å². The fourth-order valence-corrected chi connectivity index (χ4v) is 11.3. The van der Waals surface area contributed by atoms with Gasteiger partial charge in [-0.2, -0.15) is 0 Å². The number of carbonyl (C=O) groups excluding carboxylic acids is 1. The molecule has 1 unspecified atom stereocenters. The largest absolute Gasteiger partial charge is 0.416 e. The number of nitrogen functional groups attached to an aromatic ring is 1. The molecule has 32 heavy (non-hydrogen) atoms. The standard InChI is InChI=1S/C25H42N4O2Si/c1-17(2)32(18(3)4,19(5)6)31-14-8-13-29-23-11-10-20(16-22(23)28-25(29)26)15-21-9-7-12-27-24(21)30/h10-11,16-19,21H,7-9,12-15H2,1-6H3,(H2,26,28)(H,27,30). The molecule has 7 heteroatoms. The molecule has 0 radical (unpaired) electrons. The second-order valence-corrected chi connectivity index (χ2v) is 15.8. The molecule has 3 N–H and O–H groups in total. The summed E-state index contributed by atoms with van der Waals surface area (Å²) in [5, 5.41) is 2.97. The third-order valence-electron chi connectivity index (χ3n) is 7.31. The fraction of sp³-hybridized carbons (Fsp3) is 0.680. The predicted octanol–water partition coefficient (Wildman–Crippen LogP) is 5.27. The molecule has 2 heterocycles. The molecule has 0 saturated carbocycles. The van der Waals surface area contributed by atoms with Crippen LogP contribution in [0.15, 0.2) is 18.2 Å². The van der Waals surface area contributed by atoms with E-state index in [0.29, 0.717) is 22.6 Å². The van der Waals surface area contributed by atoms with Crippen LogP contribution >= 0.6 is 0 Å². The number of piperidine rings is 1. The number of aryl methyl sites for hydroxylation is 1. The highest BCUT2D eigenvalue weighted by Crippen LogP contribution is 2.42. The summed E-state index contributed by atoms with van der Waals surface area (Å²) in [6, 6.07) is 6.31. The molecular weight excluding hydrogens is 416 g/mol. The van der Waals surface area contributed by atoms with Crippen LogP contribution in [0.4, 0.5) is 5.95 Å². The van der Waals surface area contributed by atoms with E-state index in [1.54, 1.807) is 0 Å². The monoisotopic (exact) mass is 458 g/mol. The average Bonchev–Trinajstić information content (AvgIpc) is 3.03. The van der Waals surface area contributed by atoms with E-state index >= 15 is 0 Å². The van der Waals surface area contributed by atoms with E-state index < -0.39 is 8.32 Å². The van der Waals surface area contributed by atoms with Crippen LogP contribution in [0.1, 0.15) is 66.4 Å². The number of imidazole rings is 1. The third kappa shape index (κ3) is 5.04. The SMILES string of the molecule is CC(C)[Si](OCCCn1c(N)nc2cc(CC3CCCNC3=O)ccc21)(C(C)C)C(C)C. The molecule has 1 atom stereocenters. The van der Waals surface area contributed by atoms with Gasteiger partial charge in [0.05, 0.1) is 11.0 Å². The van der Waals surface area contributed by atoms with Crippen molar-refractivity contribution in [3.05, 3.63) is 23.8 Å². The van der Waals surface area contributed by atoms with Crippen LogP contribution in [0.5, 0.6) is 0 Å². The Morgan fingerprint density at radius 1 is 1.19 bits per heavy atom. The van der Waals surface area contributed by atoms with Gasteiger partial charge in [0.15, 0.2) is 8.32 Å². The quantitative estimate of drug-likeness (QED) is 0.375. The van der Waals surface area contributed by atoms with Crippen molar-refractivity contribution in [3.63, 3.8) is 0 Å². The van der Waals surface area contributed by atoms with Crippen molar-refractivity contribution < 1.29 is 9.22 Å². The number of nitrogens with one attached hydrogen (secondary N) is 1. The zero-order valence-electron chi connectivity index (χ0n) is 20.8. The molecule has 0 spiro atoms. The van der Waals surface area contributed by atoms with Crippen molar-refractivity contribution >= 4 is 31.2 Å². The molecule has 1 aromatic heterocycles. The summed E-state index contributed by atoms with van der Waals surface area (Å²) in [4.78, 5) is 16.7. The van der Waals surface area contributed by atoms with Gasteiger partial charge >= 0.3 is 0 Å². The number of anilines is 1. The number of aromatic nitrogens is 2. The molecule has 0 aliphatic carbocycles. The predicted molar refractivity (Wildman–Crippen MR) is 135 cm³/mol. The Labute approximate surface area is 194 Å². The smallest absolute Gasteiger partial charge is 0.223 e. The first-order valence-electron chi connectivity index (χ1n) is 12.3. The Balaban J connectivity index is 1.66. The highest BCUT2D eigenvalue weighted by atomic mass is 28.4. The minimum Gasteiger partial charge on any atom is -0.416 e. The Hall–Kier alpha value is -1.86. The van der Waals surface area contributed by atoms with E-state index in [0.717, 1.165) is 62.0 Å². The lowest BCUT2D eigenvalue weighted by Gasteiger charge is -2.42. The lowest BCUT2D eigenvalue weighted by atomic mass is 9.91. The van der Waals surface area contributed by atoms with E-state index in [2.05, 4.69) is 74.6 Å². The Bertz CT molecular complexity index is 900. The number of rotatable bonds is 10. The van der Waals surface area contributed by atoms with Crippen molar-refractivity contribution in [2.45, 2.75) is 90.4 Å². The molecule has 0 bridgehead atoms. The van der Waals surface area contributed by atoms with Crippen molar-refractivity contribution in [1.82, 2.24) is 14.9 Å². The molecule has 1 amide bonds. The number of benzene rings is 1. The fourth-order valence-electron chi connectivity index (χ4n) is 5.84. The average molecular weight is 459 g/mol. The van der Waals surface area contributed by atoms with Gasteiger partial charge in [0, 0.05) is 25.6 Å². The summed E-state index contributed by atoms with van der Waals surface area (Å²) < 4.78 is 8.80. The van der Waals surface area contributed by atoms with Gasteiger partial charge in [0.25, 0.3) is 0 Å². The van der Waals surface area contributed by atoms with Crippen LogP contribution in [-0.2, 0) is 22.2 Å². The van der Waals surface area contributed by atoms with Crippen LogP contribution in [-0.4, -0.2) is 36.9 Å². The van der Waals surface area contributed by atoms with Crippen LogP contribution in [0, 0.1) is 5.92 Å². The number of amides is 1. The van der Waals surface area contributed by atoms with Gasteiger partial charge in [-0.1, -0.05) is 47.6 Å². The molecule has 1 aliphatic heterocycles. The van der Waals surface area contributed by atoms with Gasteiger partial charge in [-0.15, -0.1) is 0 Å². The van der Waals surface area contributed by atoms with Crippen molar-refractivity contribution in [2.75, 3.05) is 18.9 Å². The second-order valence-electron chi connectivity index (χ2n) is 10.3. The molecule has 1 saturated heterocycles. The molecule has 178 valence electrons. The summed E-state index contributed by atoms with van der Waals surface area (Å²) >= 11 is 0. The molecule has 2 aromatic rings. The van der Waals surface area contributed by atoms with Crippen LogP contribution < -0.4 is 11.1 Å². The molecule has 3 rings (SSSR count). The lowest BCUT2D eigenvalue weighted by molar-refractivity contribution is -0.126. The summed E-state index contributed by atoms with van der Waals surface area (Å²) in [6.45, 7) is 16.3. The van der Waals surface area contributed by atoms with E-state index in [1.165, 1.54) is 0 Å². The Kier molecular flexibility index (Phi) is 8.04. The maximum absolute atomic E-state index is 12.1. The Morgan fingerprint density at radius 3 is 2.50 bits per heavy atom. The zero-order valence-corrected chi connectivity index (χ0v) is 21.8. The third-order valence-corrected chi connectivity index (χ3v) is 13.4. The van der Waals surface area contributed by atoms with Crippen LogP contribution in [0.25, 0.3) is 11.0 Å². The first-order chi connectivity index (χ1) is 15.2. The summed E-state index contributed by atoms with van der Waals surface area (Å²) in [5.74, 6) is 0.781. The molecule has 1 fully saturated rings. The normalized spacial score (nSPS) is 17.7. The van der Waals surface area contributed by atoms with Crippen molar-refractivity contribution in [2.24, 2.45) is 5.92 Å². The maximum atomic E-state index is 12.1. The van der Waals surface area contributed by atoms with Crippen molar-refractivity contribution in [3.8, 4) is 0 Å². The Morgan fingerprint density at radius 2 is 1.88 bits per heavy atom. The van der Waals surface area contributed by atoms with Gasteiger partial charge in [-0.25, -0.2) is 4.98 Å². The second kappa shape index (κ2) is 10.4. The minimum atomic E-state index is -1.84. The molecular formula is C25H42N4O2Si. The van der Waals surface area contributed by atoms with Gasteiger partial charge < -0.3 is 20.0 Å². The first-order valence-corrected chi connectivity index (χ1v) is 14.5. The zero-order chi connectivity index (χ0) is 23.5. The van der Waals surface area contributed by atoms with E-state index in [9.17, 15) is 4.79 Å². The maximum Gasteiger partial charge on any atom is 0.223 e. The number of nitrogens with zero attached hydrogens (tertiary/aromatic N) is 2. The van der Waals surface area contributed by atoms with E-state index in [-0.39, 0.29) is 11.8 Å².